The molecule has 2 aromatic carbocycles. The molecule has 3 aromatic rings. The molecule has 0 saturated carbocycles. The molecule has 0 atom stereocenters. The van der Waals surface area contributed by atoms with Gasteiger partial charge in [0.25, 0.3) is 5.91 Å². The summed E-state index contributed by atoms with van der Waals surface area (Å²) in [4.78, 5) is 17.9. The fraction of sp³-hybridized carbons (Fsp3) is 0.417. The first-order valence-corrected chi connectivity index (χ1v) is 14.5. The summed E-state index contributed by atoms with van der Waals surface area (Å²) in [5.74, 6) is -0.480. The van der Waals surface area contributed by atoms with Crippen LogP contribution in [0.4, 0.5) is 0 Å². The van der Waals surface area contributed by atoms with Gasteiger partial charge in [-0.2, -0.15) is 9.30 Å². The van der Waals surface area contributed by atoms with Gasteiger partial charge < -0.3 is 9.30 Å². The van der Waals surface area contributed by atoms with Gasteiger partial charge in [0.05, 0.1) is 26.7 Å². The number of thiazole rings is 1. The number of ether oxygens (including phenoxy) is 1. The first-order chi connectivity index (χ1) is 16.7. The molecule has 0 unspecified atom stereocenters. The minimum atomic E-state index is -3.62. The topological polar surface area (TPSA) is 81.0 Å². The maximum atomic E-state index is 13.0. The third kappa shape index (κ3) is 6.53. The number of benzene rings is 2. The molecule has 7 nitrogen and oxygen atoms in total. The first kappa shape index (κ1) is 27.8. The standard InChI is InChI=1S/C24H29Cl2N3O4S2/c1-4-11-28(12-5-2)35(31,32)19-9-7-17(8-10-19)23(30)27-24-29(13-14-33-6-3)22-20(26)15-18(25)16-21(22)34-24/h7-10,15-16H,4-6,11-14H2,1-3H3. The van der Waals surface area contributed by atoms with Crippen LogP contribution in [0.15, 0.2) is 46.3 Å². The van der Waals surface area contributed by atoms with E-state index in [2.05, 4.69) is 4.99 Å². The average molecular weight is 559 g/mol. The summed E-state index contributed by atoms with van der Waals surface area (Å²) < 4.78 is 35.6. The summed E-state index contributed by atoms with van der Waals surface area (Å²) in [6.45, 7) is 8.15. The van der Waals surface area contributed by atoms with Gasteiger partial charge in [-0.3, -0.25) is 4.79 Å². The van der Waals surface area contributed by atoms with Crippen LogP contribution in [0.1, 0.15) is 44.0 Å². The predicted molar refractivity (Wildman–Crippen MR) is 142 cm³/mol. The first-order valence-electron chi connectivity index (χ1n) is 11.5. The molecule has 1 heterocycles. The van der Waals surface area contributed by atoms with E-state index < -0.39 is 15.9 Å². The van der Waals surface area contributed by atoms with Crippen molar-refractivity contribution < 1.29 is 17.9 Å². The number of rotatable bonds is 11. The lowest BCUT2D eigenvalue weighted by Gasteiger charge is -2.21. The van der Waals surface area contributed by atoms with Crippen LogP contribution < -0.4 is 4.80 Å². The van der Waals surface area contributed by atoms with Crippen LogP contribution in [-0.4, -0.2) is 49.5 Å². The normalized spacial score (nSPS) is 12.7. The van der Waals surface area contributed by atoms with Crippen molar-refractivity contribution in [3.05, 3.63) is 56.8 Å². The van der Waals surface area contributed by atoms with Gasteiger partial charge in [0, 0.05) is 36.8 Å². The van der Waals surface area contributed by atoms with Crippen molar-refractivity contribution in [3.8, 4) is 0 Å². The van der Waals surface area contributed by atoms with Gasteiger partial charge in [0.1, 0.15) is 0 Å². The molecule has 0 saturated heterocycles. The molecule has 3 rings (SSSR count). The van der Waals surface area contributed by atoms with E-state index in [0.29, 0.717) is 53.3 Å². The molecular weight excluding hydrogens is 529 g/mol. The van der Waals surface area contributed by atoms with Gasteiger partial charge in [-0.25, -0.2) is 8.42 Å². The molecule has 1 amide bonds. The highest BCUT2D eigenvalue weighted by Crippen LogP contribution is 2.29. The lowest BCUT2D eigenvalue weighted by Crippen LogP contribution is -2.32. The molecule has 0 aliphatic heterocycles. The number of carbonyl (C=O) groups excluding carboxylic acids is 1. The fourth-order valence-corrected chi connectivity index (χ4v) is 7.10. The highest BCUT2D eigenvalue weighted by atomic mass is 35.5. The van der Waals surface area contributed by atoms with Crippen molar-refractivity contribution >= 4 is 60.7 Å². The zero-order chi connectivity index (χ0) is 25.6. The molecule has 0 radical (unpaired) electrons. The van der Waals surface area contributed by atoms with Crippen LogP contribution in [0.3, 0.4) is 0 Å². The number of halogens is 2. The van der Waals surface area contributed by atoms with Crippen molar-refractivity contribution in [2.75, 3.05) is 26.3 Å². The largest absolute Gasteiger partial charge is 0.380 e. The Morgan fingerprint density at radius 3 is 2.34 bits per heavy atom. The smallest absolute Gasteiger partial charge is 0.279 e. The third-order valence-electron chi connectivity index (χ3n) is 5.24. The molecular formula is C24H29Cl2N3O4S2. The van der Waals surface area contributed by atoms with Crippen molar-refractivity contribution in [2.24, 2.45) is 4.99 Å². The number of hydrogen-bond donors (Lipinski definition) is 0. The lowest BCUT2D eigenvalue weighted by atomic mass is 10.2. The molecule has 35 heavy (non-hydrogen) atoms. The van der Waals surface area contributed by atoms with Crippen LogP contribution in [0.25, 0.3) is 10.2 Å². The van der Waals surface area contributed by atoms with E-state index in [9.17, 15) is 13.2 Å². The molecule has 190 valence electrons. The summed E-state index contributed by atoms with van der Waals surface area (Å²) in [7, 11) is -3.62. The second-order valence-corrected chi connectivity index (χ2v) is 11.6. The van der Waals surface area contributed by atoms with Crippen LogP contribution in [0.5, 0.6) is 0 Å². The van der Waals surface area contributed by atoms with Crippen LogP contribution >= 0.6 is 34.5 Å². The van der Waals surface area contributed by atoms with Gasteiger partial charge in [-0.15, -0.1) is 0 Å². The Hall–Kier alpha value is -1.75. The summed E-state index contributed by atoms with van der Waals surface area (Å²) in [6.07, 6.45) is 1.45. The van der Waals surface area contributed by atoms with E-state index in [-0.39, 0.29) is 4.90 Å². The second kappa shape index (κ2) is 12.5. The van der Waals surface area contributed by atoms with Crippen LogP contribution in [0.2, 0.25) is 10.0 Å². The lowest BCUT2D eigenvalue weighted by molar-refractivity contribution is 0.0996. The molecule has 1 aromatic heterocycles. The maximum absolute atomic E-state index is 13.0. The number of nitrogens with zero attached hydrogens (tertiary/aromatic N) is 3. The number of hydrogen-bond acceptors (Lipinski definition) is 5. The summed E-state index contributed by atoms with van der Waals surface area (Å²) in [6, 6.07) is 9.35. The zero-order valence-electron chi connectivity index (χ0n) is 20.0. The Balaban J connectivity index is 1.97. The average Bonchev–Trinajstić information content (AvgIpc) is 3.16. The molecule has 0 aliphatic rings. The number of sulfonamides is 1. The molecule has 0 N–H and O–H groups in total. The van der Waals surface area contributed by atoms with Gasteiger partial charge in [0.15, 0.2) is 4.80 Å². The van der Waals surface area contributed by atoms with E-state index in [1.807, 2.05) is 25.3 Å². The van der Waals surface area contributed by atoms with Crippen molar-refractivity contribution in [1.82, 2.24) is 8.87 Å². The third-order valence-corrected chi connectivity index (χ3v) is 8.69. The zero-order valence-corrected chi connectivity index (χ0v) is 23.1. The van der Waals surface area contributed by atoms with Gasteiger partial charge in [-0.1, -0.05) is 48.4 Å². The van der Waals surface area contributed by atoms with Gasteiger partial charge in [-0.05, 0) is 56.2 Å². The summed E-state index contributed by atoms with van der Waals surface area (Å²) in [5.41, 5.74) is 1.03. The Bertz CT molecular complexity index is 1340. The summed E-state index contributed by atoms with van der Waals surface area (Å²) in [5, 5.41) is 0.961. The Morgan fingerprint density at radius 2 is 1.74 bits per heavy atom. The fourth-order valence-electron chi connectivity index (χ4n) is 3.64. The Kier molecular flexibility index (Phi) is 9.92. The highest BCUT2D eigenvalue weighted by Gasteiger charge is 2.23. The molecule has 0 spiro atoms. The van der Waals surface area contributed by atoms with Gasteiger partial charge in [0.2, 0.25) is 10.0 Å². The predicted octanol–water partition coefficient (Wildman–Crippen LogP) is 5.60. The van der Waals surface area contributed by atoms with Gasteiger partial charge >= 0.3 is 0 Å². The molecule has 0 bridgehead atoms. The van der Waals surface area contributed by atoms with Crippen molar-refractivity contribution in [1.29, 1.82) is 0 Å². The molecule has 11 heteroatoms. The molecule has 0 aliphatic carbocycles. The number of amides is 1. The minimum absolute atomic E-state index is 0.158. The number of carbonyl (C=O) groups is 1. The summed E-state index contributed by atoms with van der Waals surface area (Å²) >= 11 is 13.9. The maximum Gasteiger partial charge on any atom is 0.279 e. The second-order valence-electron chi connectivity index (χ2n) is 7.81. The highest BCUT2D eigenvalue weighted by molar-refractivity contribution is 7.89. The molecule has 0 fully saturated rings. The number of fused-ring (bicyclic) bond motifs is 1. The van der Waals surface area contributed by atoms with E-state index in [1.165, 1.54) is 39.9 Å². The Labute approximate surface area is 220 Å². The quantitative estimate of drug-likeness (QED) is 0.287. The minimum Gasteiger partial charge on any atom is -0.380 e. The Morgan fingerprint density at radius 1 is 1.09 bits per heavy atom. The van der Waals surface area contributed by atoms with E-state index in [0.717, 1.165) is 23.1 Å². The number of aromatic nitrogens is 1. The van der Waals surface area contributed by atoms with Crippen LogP contribution in [-0.2, 0) is 21.3 Å². The van der Waals surface area contributed by atoms with Crippen LogP contribution in [0, 0.1) is 0 Å². The van der Waals surface area contributed by atoms with E-state index in [4.69, 9.17) is 27.9 Å². The van der Waals surface area contributed by atoms with Crippen molar-refractivity contribution in [2.45, 2.75) is 45.1 Å². The van der Waals surface area contributed by atoms with Crippen molar-refractivity contribution in [3.63, 3.8) is 0 Å². The monoisotopic (exact) mass is 557 g/mol. The SMILES string of the molecule is CCCN(CCC)S(=O)(=O)c1ccc(C(=O)N=c2sc3cc(Cl)cc(Cl)c3n2CCOCC)cc1. The van der Waals surface area contributed by atoms with E-state index in [1.54, 1.807) is 12.1 Å². The van der Waals surface area contributed by atoms with E-state index >= 15 is 0 Å².